The summed E-state index contributed by atoms with van der Waals surface area (Å²) < 4.78 is 0. The van der Waals surface area contributed by atoms with Crippen LogP contribution in [0.1, 0.15) is 36.8 Å². The van der Waals surface area contributed by atoms with Crippen LogP contribution in [0.2, 0.25) is 10.0 Å². The molecule has 2 aliphatic rings. The van der Waals surface area contributed by atoms with E-state index in [-0.39, 0.29) is 11.1 Å². The van der Waals surface area contributed by atoms with Crippen molar-refractivity contribution in [3.8, 4) is 0 Å². The summed E-state index contributed by atoms with van der Waals surface area (Å²) in [5.74, 6) is 0.987. The number of nitrogens with two attached hydrogens (primary N) is 2. The Morgan fingerprint density at radius 1 is 0.769 bits per heavy atom. The third kappa shape index (κ3) is 6.91. The van der Waals surface area contributed by atoms with Gasteiger partial charge in [-0.1, -0.05) is 59.6 Å². The van der Waals surface area contributed by atoms with E-state index >= 15 is 0 Å². The SMILES string of the molecule is NC1(Cc2ccccc2Cl)CCN(c2ncnc3[nH]ccc23)CC1.NC1(Cc2ccccc2Cl)CCNCC1. The van der Waals surface area contributed by atoms with Gasteiger partial charge < -0.3 is 26.7 Å². The molecule has 4 aromatic rings. The second-order valence-corrected chi connectivity index (χ2v) is 11.7. The first kappa shape index (κ1) is 27.9. The summed E-state index contributed by atoms with van der Waals surface area (Å²) in [6, 6.07) is 18.0. The lowest BCUT2D eigenvalue weighted by atomic mass is 9.83. The number of nitrogens with one attached hydrogen (secondary N) is 2. The molecular formula is C30H37Cl2N7. The Morgan fingerprint density at radius 2 is 1.33 bits per heavy atom. The maximum atomic E-state index is 6.67. The fourth-order valence-corrected chi connectivity index (χ4v) is 6.00. The zero-order valence-corrected chi connectivity index (χ0v) is 23.7. The van der Waals surface area contributed by atoms with Crippen molar-refractivity contribution in [2.24, 2.45) is 11.5 Å². The first-order valence-corrected chi connectivity index (χ1v) is 14.4. The molecule has 2 aromatic heterocycles. The van der Waals surface area contributed by atoms with Crippen LogP contribution in [0.15, 0.2) is 67.1 Å². The molecule has 39 heavy (non-hydrogen) atoms. The molecule has 0 aliphatic carbocycles. The summed E-state index contributed by atoms with van der Waals surface area (Å²) in [5.41, 5.74) is 15.9. The number of halogens is 2. The molecule has 6 rings (SSSR count). The molecule has 2 fully saturated rings. The van der Waals surface area contributed by atoms with Gasteiger partial charge in [-0.3, -0.25) is 0 Å². The lowest BCUT2D eigenvalue weighted by Crippen LogP contribution is -2.52. The van der Waals surface area contributed by atoms with Crippen LogP contribution in [0.25, 0.3) is 11.0 Å². The highest BCUT2D eigenvalue weighted by molar-refractivity contribution is 6.31. The zero-order valence-electron chi connectivity index (χ0n) is 22.2. The molecule has 0 atom stereocenters. The predicted octanol–water partition coefficient (Wildman–Crippen LogP) is 5.12. The molecule has 6 N–H and O–H groups in total. The van der Waals surface area contributed by atoms with Crippen molar-refractivity contribution < 1.29 is 0 Å². The van der Waals surface area contributed by atoms with Gasteiger partial charge in [0, 0.05) is 40.4 Å². The maximum absolute atomic E-state index is 6.67. The van der Waals surface area contributed by atoms with Crippen LogP contribution in [0.5, 0.6) is 0 Å². The third-order valence-electron chi connectivity index (χ3n) is 7.99. The van der Waals surface area contributed by atoms with E-state index in [4.69, 9.17) is 34.7 Å². The van der Waals surface area contributed by atoms with Crippen molar-refractivity contribution in [2.45, 2.75) is 49.6 Å². The Morgan fingerprint density at radius 3 is 1.92 bits per heavy atom. The summed E-state index contributed by atoms with van der Waals surface area (Å²) in [6.07, 6.45) is 9.08. The molecule has 0 amide bonds. The van der Waals surface area contributed by atoms with E-state index in [1.165, 1.54) is 5.56 Å². The molecule has 0 saturated carbocycles. The molecule has 0 bridgehead atoms. The van der Waals surface area contributed by atoms with E-state index in [0.29, 0.717) is 0 Å². The van der Waals surface area contributed by atoms with Crippen LogP contribution < -0.4 is 21.7 Å². The van der Waals surface area contributed by atoms with Crippen LogP contribution in [0, 0.1) is 0 Å². The second-order valence-electron chi connectivity index (χ2n) is 10.9. The molecule has 2 saturated heterocycles. The lowest BCUT2D eigenvalue weighted by molar-refractivity contribution is 0.308. The Kier molecular flexibility index (Phi) is 8.74. The van der Waals surface area contributed by atoms with E-state index in [2.05, 4.69) is 37.3 Å². The summed E-state index contributed by atoms with van der Waals surface area (Å²) in [4.78, 5) is 14.2. The predicted molar refractivity (Wildman–Crippen MR) is 162 cm³/mol. The first-order chi connectivity index (χ1) is 18.8. The minimum atomic E-state index is -0.216. The number of benzene rings is 2. The molecule has 4 heterocycles. The highest BCUT2D eigenvalue weighted by Gasteiger charge is 2.32. The van der Waals surface area contributed by atoms with Crippen LogP contribution in [-0.4, -0.2) is 52.2 Å². The van der Waals surface area contributed by atoms with Gasteiger partial charge >= 0.3 is 0 Å². The number of anilines is 1. The molecule has 7 nitrogen and oxygen atoms in total. The van der Waals surface area contributed by atoms with Gasteiger partial charge in [0.15, 0.2) is 0 Å². The first-order valence-electron chi connectivity index (χ1n) is 13.6. The number of rotatable bonds is 5. The van der Waals surface area contributed by atoms with Gasteiger partial charge in [-0.05, 0) is 80.9 Å². The Hall–Kier alpha value is -2.68. The molecule has 2 aromatic carbocycles. The average molecular weight is 567 g/mol. The molecule has 2 aliphatic heterocycles. The summed E-state index contributed by atoms with van der Waals surface area (Å²) in [5, 5.41) is 6.03. The van der Waals surface area contributed by atoms with Gasteiger partial charge in [-0.2, -0.15) is 0 Å². The normalized spacial score (nSPS) is 18.4. The standard InChI is InChI=1S/C18H20ClN5.C12H17ClN2/c19-15-4-2-1-3-13(15)11-18(20)6-9-24(10-7-18)17-14-5-8-21-16(14)22-12-23-17;13-11-4-2-1-3-10(11)9-12(14)5-7-15-8-6-12/h1-5,8,12H,6-7,9-11,20H2,(H,21,22,23);1-4,15H,5-9,14H2. The minimum Gasteiger partial charge on any atom is -0.356 e. The number of nitrogens with zero attached hydrogens (tertiary/aromatic N) is 3. The van der Waals surface area contributed by atoms with E-state index < -0.39 is 0 Å². The number of hydrogen-bond acceptors (Lipinski definition) is 6. The van der Waals surface area contributed by atoms with Crippen molar-refractivity contribution in [1.82, 2.24) is 20.3 Å². The number of piperidine rings is 2. The van der Waals surface area contributed by atoms with Crippen LogP contribution >= 0.6 is 23.2 Å². The highest BCUT2D eigenvalue weighted by atomic mass is 35.5. The van der Waals surface area contributed by atoms with Crippen molar-refractivity contribution in [3.63, 3.8) is 0 Å². The largest absolute Gasteiger partial charge is 0.356 e. The van der Waals surface area contributed by atoms with E-state index in [1.54, 1.807) is 6.33 Å². The van der Waals surface area contributed by atoms with Gasteiger partial charge in [-0.15, -0.1) is 0 Å². The fourth-order valence-electron chi connectivity index (χ4n) is 5.59. The molecule has 9 heteroatoms. The Labute approximate surface area is 240 Å². The van der Waals surface area contributed by atoms with Gasteiger partial charge in [0.05, 0.1) is 5.39 Å². The maximum Gasteiger partial charge on any atom is 0.142 e. The Balaban J connectivity index is 0.000000177. The molecular weight excluding hydrogens is 529 g/mol. The van der Waals surface area contributed by atoms with E-state index in [9.17, 15) is 0 Å². The van der Waals surface area contributed by atoms with Gasteiger partial charge in [0.1, 0.15) is 17.8 Å². The summed E-state index contributed by atoms with van der Waals surface area (Å²) >= 11 is 12.4. The van der Waals surface area contributed by atoms with Crippen LogP contribution in [-0.2, 0) is 12.8 Å². The van der Waals surface area contributed by atoms with Gasteiger partial charge in [-0.25, -0.2) is 9.97 Å². The minimum absolute atomic E-state index is 0.0732. The number of fused-ring (bicyclic) bond motifs is 1. The lowest BCUT2D eigenvalue weighted by Gasteiger charge is -2.40. The van der Waals surface area contributed by atoms with E-state index in [0.717, 1.165) is 97.2 Å². The molecule has 206 valence electrons. The van der Waals surface area contributed by atoms with Gasteiger partial charge in [0.2, 0.25) is 0 Å². The number of aromatic amines is 1. The summed E-state index contributed by atoms with van der Waals surface area (Å²) in [7, 11) is 0. The monoisotopic (exact) mass is 565 g/mol. The number of H-pyrrole nitrogens is 1. The number of aromatic nitrogens is 3. The summed E-state index contributed by atoms with van der Waals surface area (Å²) in [6.45, 7) is 3.80. The van der Waals surface area contributed by atoms with Crippen LogP contribution in [0.4, 0.5) is 5.82 Å². The average Bonchev–Trinajstić information content (AvgIpc) is 3.42. The van der Waals surface area contributed by atoms with Gasteiger partial charge in [0.25, 0.3) is 0 Å². The van der Waals surface area contributed by atoms with E-state index in [1.807, 2.05) is 48.7 Å². The zero-order chi connectivity index (χ0) is 27.3. The smallest absolute Gasteiger partial charge is 0.142 e. The molecule has 0 radical (unpaired) electrons. The van der Waals surface area contributed by atoms with Crippen molar-refractivity contribution >= 4 is 40.1 Å². The third-order valence-corrected chi connectivity index (χ3v) is 8.73. The second kappa shape index (κ2) is 12.2. The van der Waals surface area contributed by atoms with Crippen molar-refractivity contribution in [2.75, 3.05) is 31.1 Å². The molecule has 0 unspecified atom stereocenters. The Bertz CT molecular complexity index is 1370. The van der Waals surface area contributed by atoms with Crippen molar-refractivity contribution in [1.29, 1.82) is 0 Å². The topological polar surface area (TPSA) is 109 Å². The number of hydrogen-bond donors (Lipinski definition) is 4. The fraction of sp³-hybridized carbons (Fsp3) is 0.400. The van der Waals surface area contributed by atoms with Crippen molar-refractivity contribution in [3.05, 3.63) is 88.3 Å². The quantitative estimate of drug-likeness (QED) is 0.267. The van der Waals surface area contributed by atoms with Crippen LogP contribution in [0.3, 0.4) is 0 Å². The molecule has 0 spiro atoms. The highest BCUT2D eigenvalue weighted by Crippen LogP contribution is 2.31.